The summed E-state index contributed by atoms with van der Waals surface area (Å²) in [6.45, 7) is 18.5. The van der Waals surface area contributed by atoms with Gasteiger partial charge in [0.2, 0.25) is 0 Å². The lowest BCUT2D eigenvalue weighted by Crippen LogP contribution is -2.18. The maximum absolute atomic E-state index is 4.74. The van der Waals surface area contributed by atoms with Gasteiger partial charge in [-0.2, -0.15) is 0 Å². The zero-order valence-electron chi connectivity index (χ0n) is 15.4. The van der Waals surface area contributed by atoms with Crippen molar-refractivity contribution in [2.75, 3.05) is 6.54 Å². The fraction of sp³-hybridized carbons (Fsp3) is 0.650. The van der Waals surface area contributed by atoms with Crippen LogP contribution in [0.15, 0.2) is 18.7 Å². The fourth-order valence-electron chi connectivity index (χ4n) is 2.71. The van der Waals surface area contributed by atoms with Gasteiger partial charge in [0.15, 0.2) is 0 Å². The maximum Gasteiger partial charge on any atom is 0.0858 e. The average molecular weight is 303 g/mol. The van der Waals surface area contributed by atoms with Crippen LogP contribution < -0.4 is 5.32 Å². The molecule has 1 N–H and O–H groups in total. The summed E-state index contributed by atoms with van der Waals surface area (Å²) >= 11 is 0. The monoisotopic (exact) mass is 302 g/mol. The molecule has 0 atom stereocenters. The first-order valence-electron chi connectivity index (χ1n) is 8.65. The molecule has 0 spiro atoms. The Morgan fingerprint density at radius 2 is 1.95 bits per heavy atom. The quantitative estimate of drug-likeness (QED) is 0.663. The molecular formula is C20H34N2. The number of aryl methyl sites for hydroxylation is 2. The summed E-state index contributed by atoms with van der Waals surface area (Å²) in [7, 11) is 0. The summed E-state index contributed by atoms with van der Waals surface area (Å²) in [6.07, 6.45) is 4.87. The van der Waals surface area contributed by atoms with E-state index in [1.54, 1.807) is 0 Å². The molecule has 1 aromatic rings. The van der Waals surface area contributed by atoms with E-state index in [0.717, 1.165) is 30.1 Å². The van der Waals surface area contributed by atoms with E-state index in [1.807, 2.05) is 0 Å². The van der Waals surface area contributed by atoms with E-state index in [1.165, 1.54) is 24.8 Å². The van der Waals surface area contributed by atoms with Gasteiger partial charge >= 0.3 is 0 Å². The summed E-state index contributed by atoms with van der Waals surface area (Å²) in [5.41, 5.74) is 4.81. The molecular weight excluding hydrogens is 268 g/mol. The van der Waals surface area contributed by atoms with Gasteiger partial charge in [-0.05, 0) is 49.1 Å². The highest BCUT2D eigenvalue weighted by molar-refractivity contribution is 5.58. The van der Waals surface area contributed by atoms with Crippen molar-refractivity contribution in [1.82, 2.24) is 10.3 Å². The molecule has 124 valence electrons. The molecule has 0 aliphatic carbocycles. The number of nitrogens with one attached hydrogen (secondary N) is 1. The van der Waals surface area contributed by atoms with Gasteiger partial charge in [0.1, 0.15) is 0 Å². The van der Waals surface area contributed by atoms with Crippen LogP contribution in [0.5, 0.6) is 0 Å². The predicted molar refractivity (Wildman–Crippen MR) is 97.9 cm³/mol. The second-order valence-electron chi connectivity index (χ2n) is 7.61. The number of nitrogens with zero attached hydrogens (tertiary/aromatic N) is 1. The molecule has 0 amide bonds. The Labute approximate surface area is 137 Å². The van der Waals surface area contributed by atoms with Crippen molar-refractivity contribution in [3.8, 4) is 0 Å². The van der Waals surface area contributed by atoms with Crippen LogP contribution in [0.3, 0.4) is 0 Å². The van der Waals surface area contributed by atoms with Crippen LogP contribution in [-0.2, 0) is 6.42 Å². The molecule has 1 rings (SSSR count). The van der Waals surface area contributed by atoms with Gasteiger partial charge in [0.25, 0.3) is 0 Å². The third-order valence-corrected chi connectivity index (χ3v) is 4.23. The standard InChI is InChI=1S/C20H34N2/c1-8-12-20(6,7)13-11-18-9-10-19(22-16(18)4)17(5)21-14-15(2)3/h9-10,15,21H,5,8,11-14H2,1-4,6-7H3. The average Bonchev–Trinajstić information content (AvgIpc) is 2.43. The number of pyridine rings is 1. The maximum atomic E-state index is 4.74. The van der Waals surface area contributed by atoms with Crippen molar-refractivity contribution >= 4 is 5.70 Å². The van der Waals surface area contributed by atoms with Gasteiger partial charge in [0, 0.05) is 12.2 Å². The van der Waals surface area contributed by atoms with E-state index in [9.17, 15) is 0 Å². The second kappa shape index (κ2) is 8.36. The van der Waals surface area contributed by atoms with Crippen molar-refractivity contribution < 1.29 is 0 Å². The van der Waals surface area contributed by atoms with Crippen LogP contribution in [0.1, 0.15) is 70.8 Å². The first-order chi connectivity index (χ1) is 10.2. The Kier molecular flexibility index (Phi) is 7.12. The molecule has 1 heterocycles. The molecule has 1 aromatic heterocycles. The third-order valence-electron chi connectivity index (χ3n) is 4.23. The van der Waals surface area contributed by atoms with Crippen LogP contribution in [-0.4, -0.2) is 11.5 Å². The molecule has 0 saturated heterocycles. The van der Waals surface area contributed by atoms with Gasteiger partial charge in [-0.15, -0.1) is 0 Å². The SMILES string of the molecule is C=C(NCC(C)C)c1ccc(CCC(C)(C)CCC)c(C)n1. The Bertz CT molecular complexity index is 486. The minimum absolute atomic E-state index is 0.419. The summed E-state index contributed by atoms with van der Waals surface area (Å²) in [5.74, 6) is 0.609. The van der Waals surface area contributed by atoms with Crippen LogP contribution in [0.4, 0.5) is 0 Å². The fourth-order valence-corrected chi connectivity index (χ4v) is 2.71. The molecule has 0 saturated carbocycles. The van der Waals surface area contributed by atoms with Gasteiger partial charge < -0.3 is 5.32 Å². The van der Waals surface area contributed by atoms with Crippen molar-refractivity contribution in [1.29, 1.82) is 0 Å². The minimum atomic E-state index is 0.419. The van der Waals surface area contributed by atoms with Crippen LogP contribution in [0.2, 0.25) is 0 Å². The predicted octanol–water partition coefficient (Wildman–Crippen LogP) is 5.37. The minimum Gasteiger partial charge on any atom is -0.384 e. The highest BCUT2D eigenvalue weighted by Crippen LogP contribution is 2.28. The first-order valence-corrected chi connectivity index (χ1v) is 8.65. The third kappa shape index (κ3) is 6.21. The number of hydrogen-bond acceptors (Lipinski definition) is 2. The molecule has 0 aromatic carbocycles. The number of hydrogen-bond donors (Lipinski definition) is 1. The van der Waals surface area contributed by atoms with Gasteiger partial charge in [-0.3, -0.25) is 4.98 Å². The van der Waals surface area contributed by atoms with Crippen molar-refractivity contribution in [2.45, 2.75) is 67.2 Å². The summed E-state index contributed by atoms with van der Waals surface area (Å²) in [4.78, 5) is 4.74. The van der Waals surface area contributed by atoms with E-state index in [0.29, 0.717) is 11.3 Å². The van der Waals surface area contributed by atoms with Crippen molar-refractivity contribution in [3.05, 3.63) is 35.7 Å². The Morgan fingerprint density at radius 3 is 2.50 bits per heavy atom. The topological polar surface area (TPSA) is 24.9 Å². The lowest BCUT2D eigenvalue weighted by Gasteiger charge is -2.24. The smallest absolute Gasteiger partial charge is 0.0858 e. The normalized spacial score (nSPS) is 11.8. The molecule has 0 fully saturated rings. The molecule has 0 unspecified atom stereocenters. The molecule has 2 heteroatoms. The van der Waals surface area contributed by atoms with Crippen LogP contribution in [0, 0.1) is 18.3 Å². The Hall–Kier alpha value is -1.31. The van der Waals surface area contributed by atoms with Crippen molar-refractivity contribution in [3.63, 3.8) is 0 Å². The zero-order chi connectivity index (χ0) is 16.8. The highest BCUT2D eigenvalue weighted by atomic mass is 14.9. The Morgan fingerprint density at radius 1 is 1.27 bits per heavy atom. The van der Waals surface area contributed by atoms with Crippen LogP contribution in [0.25, 0.3) is 5.70 Å². The van der Waals surface area contributed by atoms with E-state index in [2.05, 4.69) is 65.6 Å². The zero-order valence-corrected chi connectivity index (χ0v) is 15.4. The summed E-state index contributed by atoms with van der Waals surface area (Å²) in [6, 6.07) is 4.33. The lowest BCUT2D eigenvalue weighted by atomic mass is 9.82. The summed E-state index contributed by atoms with van der Waals surface area (Å²) in [5, 5.41) is 3.36. The highest BCUT2D eigenvalue weighted by Gasteiger charge is 2.17. The lowest BCUT2D eigenvalue weighted by molar-refractivity contribution is 0.304. The first kappa shape index (κ1) is 18.7. The largest absolute Gasteiger partial charge is 0.384 e. The van der Waals surface area contributed by atoms with Crippen molar-refractivity contribution in [2.24, 2.45) is 11.3 Å². The summed E-state index contributed by atoms with van der Waals surface area (Å²) < 4.78 is 0. The molecule has 0 aliphatic rings. The molecule has 22 heavy (non-hydrogen) atoms. The van der Waals surface area contributed by atoms with Gasteiger partial charge in [0.05, 0.1) is 11.4 Å². The molecule has 2 nitrogen and oxygen atoms in total. The molecule has 0 aliphatic heterocycles. The molecule has 0 bridgehead atoms. The van der Waals surface area contributed by atoms with E-state index < -0.39 is 0 Å². The van der Waals surface area contributed by atoms with E-state index in [-0.39, 0.29) is 0 Å². The van der Waals surface area contributed by atoms with E-state index in [4.69, 9.17) is 4.98 Å². The second-order valence-corrected chi connectivity index (χ2v) is 7.61. The Balaban J connectivity index is 2.67. The van der Waals surface area contributed by atoms with E-state index >= 15 is 0 Å². The van der Waals surface area contributed by atoms with Crippen LogP contribution >= 0.6 is 0 Å². The van der Waals surface area contributed by atoms with Gasteiger partial charge in [-0.25, -0.2) is 0 Å². The number of rotatable bonds is 9. The number of aromatic nitrogens is 1. The van der Waals surface area contributed by atoms with Gasteiger partial charge in [-0.1, -0.05) is 53.7 Å². The molecule has 0 radical (unpaired) electrons.